The van der Waals surface area contributed by atoms with Crippen LogP contribution in [0.4, 0.5) is 17.6 Å². The van der Waals surface area contributed by atoms with Gasteiger partial charge in [0.1, 0.15) is 45.2 Å². The molecule has 79 heavy (non-hydrogen) atoms. The minimum atomic E-state index is -4.29. The summed E-state index contributed by atoms with van der Waals surface area (Å²) in [5, 5.41) is 45.3. The van der Waals surface area contributed by atoms with Crippen molar-refractivity contribution in [3.8, 4) is 5.75 Å². The topological polar surface area (TPSA) is 135 Å². The summed E-state index contributed by atoms with van der Waals surface area (Å²) in [6.07, 6.45) is 18.2. The van der Waals surface area contributed by atoms with Gasteiger partial charge in [0.25, 0.3) is 0 Å². The highest BCUT2D eigenvalue weighted by Gasteiger charge is 2.30. The van der Waals surface area contributed by atoms with Gasteiger partial charge in [-0.1, -0.05) is 90.0 Å². The average molecular weight is 1100 g/mol. The fourth-order valence-corrected chi connectivity index (χ4v) is 8.48. The van der Waals surface area contributed by atoms with E-state index in [4.69, 9.17) is 41.9 Å². The Morgan fingerprint density at radius 3 is 1.08 bits per heavy atom. The standard InChI is InChI=1S/C13H12F3NO.C13H15NO2.C13H15NO.C12H12ClNO.C12H12FNO/c14-13(15,16)12-3-1-10(2-4-12)7-11-5-6-17(8-11)9-18;1-16-13-4-2-11(3-5-13)8-12-6-7-14(9-12)10-15;1-11-3-2-4-12(7-11)8-13-5-6-14(9-13)10-15;2*13-12-3-1-2-10(7-12)6-11-4-5-14(8-11)9-15/h1-6,8,18H,7,9H2;2-7,9,15H,8,10H2,1H3;2-7,9,15H,8,10H2,1H3;2*1-5,7-8,15H,6,9H2. The molecule has 0 atom stereocenters. The number of benzene rings is 5. The van der Waals surface area contributed by atoms with Crippen molar-refractivity contribution >= 4 is 11.6 Å². The summed E-state index contributed by atoms with van der Waals surface area (Å²) in [4.78, 5) is 0. The summed E-state index contributed by atoms with van der Waals surface area (Å²) in [5.41, 5.74) is 11.7. The SMILES string of the molecule is COc1ccc(Cc2ccn(CO)c2)cc1.Cc1cccc(Cc2ccn(CO)c2)c1.OCn1ccc(Cc2ccc(C(F)(F)F)cc2)c1.OCn1ccc(Cc2cccc(Cl)c2)c1.OCn1ccc(Cc2cccc(F)c2)c1. The molecule has 10 rings (SSSR count). The number of methoxy groups -OCH3 is 1. The molecule has 0 fully saturated rings. The summed E-state index contributed by atoms with van der Waals surface area (Å²) in [5.74, 6) is 0.658. The lowest BCUT2D eigenvalue weighted by Crippen LogP contribution is -2.04. The Balaban J connectivity index is 0.000000160. The fourth-order valence-electron chi connectivity index (χ4n) is 8.26. The van der Waals surface area contributed by atoms with Crippen LogP contribution in [-0.4, -0.2) is 55.5 Å². The van der Waals surface area contributed by atoms with Crippen molar-refractivity contribution < 1.29 is 47.8 Å². The zero-order valence-electron chi connectivity index (χ0n) is 44.0. The molecule has 5 aromatic heterocycles. The summed E-state index contributed by atoms with van der Waals surface area (Å²) < 4.78 is 63.6. The number of halogens is 5. The Morgan fingerprint density at radius 1 is 0.405 bits per heavy atom. The van der Waals surface area contributed by atoms with Crippen molar-refractivity contribution in [2.24, 2.45) is 0 Å². The molecular weight excluding hydrogens is 1030 g/mol. The van der Waals surface area contributed by atoms with E-state index in [0.29, 0.717) is 12.8 Å². The van der Waals surface area contributed by atoms with Crippen LogP contribution in [0.5, 0.6) is 5.75 Å². The number of alkyl halides is 3. The van der Waals surface area contributed by atoms with Crippen molar-refractivity contribution in [2.45, 2.75) is 78.9 Å². The summed E-state index contributed by atoms with van der Waals surface area (Å²) >= 11 is 5.90. The van der Waals surface area contributed by atoms with Gasteiger partial charge in [0.2, 0.25) is 0 Å². The lowest BCUT2D eigenvalue weighted by atomic mass is 10.1. The Kier molecular flexibility index (Phi) is 23.6. The monoisotopic (exact) mass is 1100 g/mol. The quantitative estimate of drug-likeness (QED) is 0.0612. The number of aliphatic hydroxyl groups excluding tert-OH is 5. The van der Waals surface area contributed by atoms with E-state index in [1.165, 1.54) is 63.2 Å². The van der Waals surface area contributed by atoms with Gasteiger partial charge >= 0.3 is 6.18 Å². The van der Waals surface area contributed by atoms with Crippen molar-refractivity contribution in [2.75, 3.05) is 7.11 Å². The van der Waals surface area contributed by atoms with Crippen LogP contribution in [0.2, 0.25) is 5.02 Å². The zero-order chi connectivity index (χ0) is 56.6. The van der Waals surface area contributed by atoms with Gasteiger partial charge in [0.05, 0.1) is 12.7 Å². The average Bonchev–Trinajstić information content (AvgIpc) is 4.33. The maximum Gasteiger partial charge on any atom is 0.416 e. The molecule has 0 bridgehead atoms. The first-order chi connectivity index (χ1) is 38.1. The van der Waals surface area contributed by atoms with Crippen molar-refractivity contribution in [3.05, 3.63) is 291 Å². The maximum absolute atomic E-state index is 12.9. The maximum atomic E-state index is 12.9. The van der Waals surface area contributed by atoms with Crippen LogP contribution < -0.4 is 4.74 Å². The van der Waals surface area contributed by atoms with Crippen LogP contribution in [0.1, 0.15) is 66.8 Å². The minimum Gasteiger partial charge on any atom is -0.497 e. The number of aliphatic hydroxyl groups is 5. The molecule has 0 saturated heterocycles. The number of aromatic nitrogens is 5. The summed E-state index contributed by atoms with van der Waals surface area (Å²) in [7, 11) is 1.66. The molecule has 0 saturated carbocycles. The Bertz CT molecular complexity index is 3140. The normalized spacial score (nSPS) is 10.8. The molecule has 0 aliphatic heterocycles. The summed E-state index contributed by atoms with van der Waals surface area (Å²) in [6.45, 7) is 2.07. The lowest BCUT2D eigenvalue weighted by molar-refractivity contribution is -0.137. The van der Waals surface area contributed by atoms with Gasteiger partial charge in [-0.3, -0.25) is 0 Å². The molecule has 0 aliphatic rings. The zero-order valence-corrected chi connectivity index (χ0v) is 44.8. The first-order valence-corrected chi connectivity index (χ1v) is 25.6. The first kappa shape index (κ1) is 60.3. The van der Waals surface area contributed by atoms with Gasteiger partial charge in [0.15, 0.2) is 0 Å². The molecule has 5 aromatic carbocycles. The van der Waals surface area contributed by atoms with Gasteiger partial charge in [0, 0.05) is 67.0 Å². The number of ether oxygens (including phenoxy) is 1. The highest BCUT2D eigenvalue weighted by molar-refractivity contribution is 6.30. The van der Waals surface area contributed by atoms with E-state index in [0.717, 1.165) is 64.4 Å². The predicted molar refractivity (Wildman–Crippen MR) is 301 cm³/mol. The van der Waals surface area contributed by atoms with Gasteiger partial charge in [-0.05, 0) is 174 Å². The highest BCUT2D eigenvalue weighted by atomic mass is 35.5. The molecule has 0 unspecified atom stereocenters. The van der Waals surface area contributed by atoms with Crippen molar-refractivity contribution in [1.29, 1.82) is 0 Å². The molecule has 5 N–H and O–H groups in total. The van der Waals surface area contributed by atoms with E-state index in [1.807, 2.05) is 116 Å². The Labute approximate surface area is 463 Å². The molecular formula is C63H66ClF4N5O6. The third-order valence-electron chi connectivity index (χ3n) is 12.2. The molecule has 5 heterocycles. The number of hydrogen-bond donors (Lipinski definition) is 5. The molecule has 16 heteroatoms. The smallest absolute Gasteiger partial charge is 0.416 e. The minimum absolute atomic E-state index is 0.0234. The van der Waals surface area contributed by atoms with E-state index >= 15 is 0 Å². The van der Waals surface area contributed by atoms with Crippen LogP contribution in [0.25, 0.3) is 0 Å². The third kappa shape index (κ3) is 20.8. The molecule has 10 aromatic rings. The number of rotatable bonds is 16. The number of hydrogen-bond acceptors (Lipinski definition) is 6. The van der Waals surface area contributed by atoms with E-state index < -0.39 is 11.7 Å². The van der Waals surface area contributed by atoms with Crippen LogP contribution in [-0.2, 0) is 71.9 Å². The van der Waals surface area contributed by atoms with E-state index in [1.54, 1.807) is 54.6 Å². The first-order valence-electron chi connectivity index (χ1n) is 25.2. The second-order valence-corrected chi connectivity index (χ2v) is 19.0. The molecule has 414 valence electrons. The molecule has 0 aliphatic carbocycles. The molecule has 0 amide bonds. The largest absolute Gasteiger partial charge is 0.497 e. The number of aryl methyl sites for hydroxylation is 1. The number of nitrogens with zero attached hydrogens (tertiary/aromatic N) is 5. The third-order valence-corrected chi connectivity index (χ3v) is 12.5. The van der Waals surface area contributed by atoms with Crippen LogP contribution in [0, 0.1) is 12.7 Å². The van der Waals surface area contributed by atoms with E-state index in [2.05, 4.69) is 43.3 Å². The van der Waals surface area contributed by atoms with Gasteiger partial charge in [-0.2, -0.15) is 13.2 Å². The molecule has 0 radical (unpaired) electrons. The summed E-state index contributed by atoms with van der Waals surface area (Å²) in [6, 6.07) is 45.8. The predicted octanol–water partition coefficient (Wildman–Crippen LogP) is 12.3. The van der Waals surface area contributed by atoms with Crippen molar-refractivity contribution in [1.82, 2.24) is 22.8 Å². The van der Waals surface area contributed by atoms with Gasteiger partial charge < -0.3 is 53.1 Å². The Morgan fingerprint density at radius 2 is 0.747 bits per heavy atom. The van der Waals surface area contributed by atoms with Gasteiger partial charge in [-0.25, -0.2) is 4.39 Å². The second kappa shape index (κ2) is 30.9. The Hall–Kier alpha value is -7.89. The second-order valence-electron chi connectivity index (χ2n) is 18.6. The van der Waals surface area contributed by atoms with Crippen LogP contribution in [0.15, 0.2) is 214 Å². The fraction of sp³-hybridized carbons (Fsp3) is 0.206. The van der Waals surface area contributed by atoms with E-state index in [-0.39, 0.29) is 39.5 Å². The van der Waals surface area contributed by atoms with Crippen molar-refractivity contribution in [3.63, 3.8) is 0 Å². The lowest BCUT2D eigenvalue weighted by Gasteiger charge is -2.07. The van der Waals surface area contributed by atoms with E-state index in [9.17, 15) is 17.6 Å². The van der Waals surface area contributed by atoms with Crippen LogP contribution in [0.3, 0.4) is 0 Å². The molecule has 11 nitrogen and oxygen atoms in total. The molecule has 0 spiro atoms. The van der Waals surface area contributed by atoms with Crippen LogP contribution >= 0.6 is 11.6 Å². The van der Waals surface area contributed by atoms with Gasteiger partial charge in [-0.15, -0.1) is 0 Å². The highest BCUT2D eigenvalue weighted by Crippen LogP contribution is 2.29.